The predicted octanol–water partition coefficient (Wildman–Crippen LogP) is 1.62. The lowest BCUT2D eigenvalue weighted by Gasteiger charge is -2.10. The van der Waals surface area contributed by atoms with E-state index in [0.29, 0.717) is 17.9 Å². The Kier molecular flexibility index (Phi) is 6.20. The van der Waals surface area contributed by atoms with Gasteiger partial charge in [-0.25, -0.2) is 5.43 Å². The molecule has 0 aliphatic heterocycles. The third-order valence-electron chi connectivity index (χ3n) is 3.12. The van der Waals surface area contributed by atoms with E-state index in [1.165, 1.54) is 25.3 Å². The number of hydrogen-bond donors (Lipinski definition) is 2. The first-order valence-corrected chi connectivity index (χ1v) is 7.77. The SMILES string of the molecule is CCOc1cc(OCC)c([N+](=O)[O-])cc1/C=N/Nc1nnc(C)c(=O)[nH]1. The van der Waals surface area contributed by atoms with E-state index in [1.807, 2.05) is 0 Å². The van der Waals surface area contributed by atoms with E-state index in [1.54, 1.807) is 13.8 Å². The molecule has 0 fully saturated rings. The monoisotopic (exact) mass is 362 g/mol. The smallest absolute Gasteiger partial charge is 0.311 e. The molecule has 1 aromatic heterocycles. The van der Waals surface area contributed by atoms with E-state index in [2.05, 4.69) is 25.7 Å². The van der Waals surface area contributed by atoms with Crippen LogP contribution in [0.15, 0.2) is 22.0 Å². The molecule has 11 heteroatoms. The van der Waals surface area contributed by atoms with Crippen LogP contribution in [0.5, 0.6) is 11.5 Å². The molecule has 0 aliphatic rings. The maximum atomic E-state index is 11.5. The van der Waals surface area contributed by atoms with E-state index >= 15 is 0 Å². The summed E-state index contributed by atoms with van der Waals surface area (Å²) in [7, 11) is 0. The van der Waals surface area contributed by atoms with Crippen molar-refractivity contribution in [3.8, 4) is 11.5 Å². The van der Waals surface area contributed by atoms with Gasteiger partial charge in [-0.1, -0.05) is 0 Å². The van der Waals surface area contributed by atoms with Crippen molar-refractivity contribution in [2.24, 2.45) is 5.10 Å². The molecule has 2 rings (SSSR count). The van der Waals surface area contributed by atoms with E-state index in [9.17, 15) is 14.9 Å². The minimum atomic E-state index is -0.547. The quantitative estimate of drug-likeness (QED) is 0.409. The van der Waals surface area contributed by atoms with Crippen LogP contribution >= 0.6 is 0 Å². The highest BCUT2D eigenvalue weighted by atomic mass is 16.6. The highest BCUT2D eigenvalue weighted by Gasteiger charge is 2.19. The van der Waals surface area contributed by atoms with Crippen LogP contribution in [0, 0.1) is 17.0 Å². The highest BCUT2D eigenvalue weighted by Crippen LogP contribution is 2.34. The summed E-state index contributed by atoms with van der Waals surface area (Å²) in [4.78, 5) is 24.6. The molecule has 0 atom stereocenters. The van der Waals surface area contributed by atoms with Gasteiger partial charge in [0, 0.05) is 17.7 Å². The average Bonchev–Trinajstić information content (AvgIpc) is 2.60. The molecule has 11 nitrogen and oxygen atoms in total. The number of aromatic nitrogens is 3. The summed E-state index contributed by atoms with van der Waals surface area (Å²) in [6, 6.07) is 2.74. The van der Waals surface area contributed by atoms with Crippen molar-refractivity contribution in [1.29, 1.82) is 0 Å². The fraction of sp³-hybridized carbons (Fsp3) is 0.333. The number of ether oxygens (including phenoxy) is 2. The Hall–Kier alpha value is -3.50. The summed E-state index contributed by atoms with van der Waals surface area (Å²) in [6.45, 7) is 5.67. The first-order valence-electron chi connectivity index (χ1n) is 7.77. The Morgan fingerprint density at radius 1 is 1.27 bits per heavy atom. The molecule has 0 saturated carbocycles. The molecule has 0 aliphatic carbocycles. The molecule has 2 N–H and O–H groups in total. The van der Waals surface area contributed by atoms with Gasteiger partial charge >= 0.3 is 5.69 Å². The standard InChI is InChI=1S/C15H18N6O5/c1-4-25-12-7-13(26-5-2)11(21(23)24)6-10(12)8-16-19-15-17-14(22)9(3)18-20-15/h6-8H,4-5H2,1-3H3,(H2,17,19,20,22)/b16-8+. The first-order chi connectivity index (χ1) is 12.5. The van der Waals surface area contributed by atoms with Crippen molar-refractivity contribution in [3.63, 3.8) is 0 Å². The van der Waals surface area contributed by atoms with Gasteiger partial charge in [-0.3, -0.25) is 19.9 Å². The lowest BCUT2D eigenvalue weighted by atomic mass is 10.1. The third kappa shape index (κ3) is 4.53. The van der Waals surface area contributed by atoms with Crippen LogP contribution in [0.1, 0.15) is 25.1 Å². The highest BCUT2D eigenvalue weighted by molar-refractivity contribution is 5.86. The van der Waals surface area contributed by atoms with E-state index in [-0.39, 0.29) is 29.7 Å². The number of anilines is 1. The van der Waals surface area contributed by atoms with Crippen LogP contribution in [-0.4, -0.2) is 39.5 Å². The van der Waals surface area contributed by atoms with Crippen molar-refractivity contribution < 1.29 is 14.4 Å². The number of nitro groups is 1. The summed E-state index contributed by atoms with van der Waals surface area (Å²) in [5.74, 6) is 0.519. The van der Waals surface area contributed by atoms with Gasteiger partial charge in [0.05, 0.1) is 24.4 Å². The Bertz CT molecular complexity index is 879. The zero-order chi connectivity index (χ0) is 19.1. The number of nitrogens with zero attached hydrogens (tertiary/aromatic N) is 4. The van der Waals surface area contributed by atoms with Crippen molar-refractivity contribution in [2.75, 3.05) is 18.6 Å². The number of aryl methyl sites for hydroxylation is 1. The number of benzene rings is 1. The summed E-state index contributed by atoms with van der Waals surface area (Å²) in [5.41, 5.74) is 2.48. The number of nitro benzene ring substituents is 1. The minimum Gasteiger partial charge on any atom is -0.493 e. The van der Waals surface area contributed by atoms with E-state index < -0.39 is 10.5 Å². The van der Waals surface area contributed by atoms with Gasteiger partial charge in [-0.05, 0) is 20.8 Å². The zero-order valence-electron chi connectivity index (χ0n) is 14.5. The van der Waals surface area contributed by atoms with Crippen molar-refractivity contribution in [1.82, 2.24) is 15.2 Å². The summed E-state index contributed by atoms with van der Waals surface area (Å²) < 4.78 is 10.8. The molecule has 0 radical (unpaired) electrons. The molecule has 26 heavy (non-hydrogen) atoms. The van der Waals surface area contributed by atoms with Crippen molar-refractivity contribution in [3.05, 3.63) is 43.9 Å². The van der Waals surface area contributed by atoms with Crippen LogP contribution in [0.4, 0.5) is 11.6 Å². The molecule has 1 heterocycles. The van der Waals surface area contributed by atoms with Gasteiger partial charge in [0.25, 0.3) is 5.56 Å². The van der Waals surface area contributed by atoms with Crippen molar-refractivity contribution >= 4 is 17.9 Å². The van der Waals surface area contributed by atoms with E-state index in [4.69, 9.17) is 9.47 Å². The number of aromatic amines is 1. The molecule has 2 aromatic rings. The number of nitrogens with one attached hydrogen (secondary N) is 2. The number of hydrogen-bond acceptors (Lipinski definition) is 9. The normalized spacial score (nSPS) is 10.7. The molecule has 0 bridgehead atoms. The van der Waals surface area contributed by atoms with Gasteiger partial charge in [-0.15, -0.1) is 10.2 Å². The van der Waals surface area contributed by atoms with Crippen LogP contribution < -0.4 is 20.5 Å². The fourth-order valence-corrected chi connectivity index (χ4v) is 1.97. The molecular formula is C15H18N6O5. The zero-order valence-corrected chi connectivity index (χ0v) is 14.5. The second-order valence-corrected chi connectivity index (χ2v) is 4.94. The Labute approximate surface area is 148 Å². The Morgan fingerprint density at radius 2 is 1.96 bits per heavy atom. The third-order valence-corrected chi connectivity index (χ3v) is 3.12. The predicted molar refractivity (Wildman–Crippen MR) is 94.0 cm³/mol. The number of rotatable bonds is 8. The second kappa shape index (κ2) is 8.55. The lowest BCUT2D eigenvalue weighted by Crippen LogP contribution is -2.15. The lowest BCUT2D eigenvalue weighted by molar-refractivity contribution is -0.385. The molecule has 0 saturated heterocycles. The van der Waals surface area contributed by atoms with Crippen LogP contribution in [0.25, 0.3) is 0 Å². The van der Waals surface area contributed by atoms with Crippen LogP contribution in [0.2, 0.25) is 0 Å². The van der Waals surface area contributed by atoms with Crippen molar-refractivity contribution in [2.45, 2.75) is 20.8 Å². The summed E-state index contributed by atoms with van der Waals surface area (Å²) in [5, 5.41) is 22.5. The van der Waals surface area contributed by atoms with Crippen LogP contribution in [-0.2, 0) is 0 Å². The average molecular weight is 362 g/mol. The molecule has 0 spiro atoms. The van der Waals surface area contributed by atoms with Gasteiger partial charge in [0.1, 0.15) is 11.4 Å². The Balaban J connectivity index is 2.33. The maximum Gasteiger partial charge on any atom is 0.311 e. The van der Waals surface area contributed by atoms with Crippen LogP contribution in [0.3, 0.4) is 0 Å². The Morgan fingerprint density at radius 3 is 2.58 bits per heavy atom. The topological polar surface area (TPSA) is 145 Å². The fourth-order valence-electron chi connectivity index (χ4n) is 1.97. The second-order valence-electron chi connectivity index (χ2n) is 4.94. The van der Waals surface area contributed by atoms with Gasteiger partial charge in [-0.2, -0.15) is 5.10 Å². The molecule has 0 unspecified atom stereocenters. The van der Waals surface area contributed by atoms with Gasteiger partial charge in [0.15, 0.2) is 0 Å². The number of H-pyrrole nitrogens is 1. The summed E-state index contributed by atoms with van der Waals surface area (Å²) >= 11 is 0. The van der Waals surface area contributed by atoms with E-state index in [0.717, 1.165) is 0 Å². The largest absolute Gasteiger partial charge is 0.493 e. The number of hydrazone groups is 1. The molecular weight excluding hydrogens is 344 g/mol. The first kappa shape index (κ1) is 18.8. The molecule has 138 valence electrons. The van der Waals surface area contributed by atoms with Gasteiger partial charge in [0.2, 0.25) is 11.7 Å². The maximum absolute atomic E-state index is 11.5. The summed E-state index contributed by atoms with van der Waals surface area (Å²) in [6.07, 6.45) is 1.31. The molecule has 0 amide bonds. The minimum absolute atomic E-state index is 0.0373. The molecule has 1 aromatic carbocycles. The van der Waals surface area contributed by atoms with Gasteiger partial charge < -0.3 is 9.47 Å².